The van der Waals surface area contributed by atoms with Gasteiger partial charge in [0.15, 0.2) is 0 Å². The maximum absolute atomic E-state index is 13.1. The van der Waals surface area contributed by atoms with Gasteiger partial charge in [-0.2, -0.15) is 52.7 Å². The van der Waals surface area contributed by atoms with E-state index in [1.54, 1.807) is 0 Å². The maximum Gasteiger partial charge on any atom is 0.395 e. The highest BCUT2D eigenvalue weighted by Gasteiger charge is 2.75. The molecule has 0 aliphatic heterocycles. The van der Waals surface area contributed by atoms with Crippen LogP contribution in [0.15, 0.2) is 0 Å². The number of hydrogen-bond acceptors (Lipinski definition) is 2. The second-order valence-corrected chi connectivity index (χ2v) is 6.81. The molecule has 0 aliphatic rings. The van der Waals surface area contributed by atoms with Crippen LogP contribution in [0.25, 0.3) is 0 Å². The van der Waals surface area contributed by atoms with E-state index in [0.29, 0.717) is 0 Å². The second kappa shape index (κ2) is 9.67. The predicted octanol–water partition coefficient (Wildman–Crippen LogP) is 4.59. The van der Waals surface area contributed by atoms with Gasteiger partial charge in [-0.25, -0.2) is 0 Å². The molecule has 2 N–H and O–H groups in total. The van der Waals surface area contributed by atoms with Crippen LogP contribution in [0.2, 0.25) is 0 Å². The third-order valence-electron chi connectivity index (χ3n) is 3.50. The summed E-state index contributed by atoms with van der Waals surface area (Å²) in [7, 11) is 0. The molecule has 0 fully saturated rings. The summed E-state index contributed by atoms with van der Waals surface area (Å²) in [6, 6.07) is 0. The first-order chi connectivity index (χ1) is 13.5. The van der Waals surface area contributed by atoms with Gasteiger partial charge in [-0.1, -0.05) is 0 Å². The lowest BCUT2D eigenvalue weighted by molar-refractivity contribution is -0.269. The molecule has 0 saturated carbocycles. The Labute approximate surface area is 175 Å². The Balaban J connectivity index is 4.47. The molecule has 31 heavy (non-hydrogen) atoms. The van der Waals surface area contributed by atoms with E-state index >= 15 is 0 Å². The first-order valence-corrected chi connectivity index (χ1v) is 8.52. The fraction of sp³-hybridized carbons (Fsp3) is 0.846. The van der Waals surface area contributed by atoms with E-state index in [2.05, 4.69) is 23.2 Å². The highest BCUT2D eigenvalue weighted by molar-refractivity contribution is 6.23. The van der Waals surface area contributed by atoms with Crippen molar-refractivity contribution in [3.63, 3.8) is 0 Å². The van der Waals surface area contributed by atoms with E-state index in [1.807, 2.05) is 0 Å². The summed E-state index contributed by atoms with van der Waals surface area (Å²) in [5, 5.41) is -9.11. The van der Waals surface area contributed by atoms with Crippen molar-refractivity contribution in [3.8, 4) is 0 Å². The van der Waals surface area contributed by atoms with Gasteiger partial charge in [-0.15, -0.1) is 0 Å². The van der Waals surface area contributed by atoms with Crippen LogP contribution in [0.5, 0.6) is 0 Å². The Morgan fingerprint density at radius 1 is 0.548 bits per heavy atom. The van der Waals surface area contributed by atoms with Crippen LogP contribution in [0.3, 0.4) is 0 Å². The number of halogens is 14. The Morgan fingerprint density at radius 3 is 1.03 bits per heavy atom. The molecule has 4 nitrogen and oxygen atoms in total. The summed E-state index contributed by atoms with van der Waals surface area (Å²) in [5.41, 5.74) is 0. The molecule has 0 heterocycles. The molecule has 0 spiro atoms. The fourth-order valence-corrected chi connectivity index (χ4v) is 1.93. The lowest BCUT2D eigenvalue weighted by Crippen LogP contribution is -2.59. The van der Waals surface area contributed by atoms with Crippen molar-refractivity contribution in [1.82, 2.24) is 10.6 Å². The first-order valence-electron chi connectivity index (χ1n) is 7.76. The SMILES string of the molecule is O=C(NCCCCCNC(=O)C(F)(F)C(F)(F)C(F)(F)Cl)C(F)(F)C(F)(F)C(F)(F)Cl. The van der Waals surface area contributed by atoms with E-state index in [1.165, 1.54) is 10.6 Å². The van der Waals surface area contributed by atoms with Gasteiger partial charge in [-0.3, -0.25) is 9.59 Å². The number of unbranched alkanes of at least 4 members (excludes halogenated alkanes) is 2. The van der Waals surface area contributed by atoms with Crippen molar-refractivity contribution >= 4 is 35.0 Å². The topological polar surface area (TPSA) is 58.2 Å². The molecule has 18 heteroatoms. The monoisotopic (exact) mass is 526 g/mol. The Kier molecular flexibility index (Phi) is 9.25. The van der Waals surface area contributed by atoms with Crippen LogP contribution in [0.4, 0.5) is 52.7 Å². The molecule has 0 saturated heterocycles. The molecule has 0 aromatic heterocycles. The molecule has 0 atom stereocenters. The largest absolute Gasteiger partial charge is 0.395 e. The smallest absolute Gasteiger partial charge is 0.351 e. The summed E-state index contributed by atoms with van der Waals surface area (Å²) >= 11 is 7.71. The third kappa shape index (κ3) is 6.35. The first kappa shape index (κ1) is 29.7. The van der Waals surface area contributed by atoms with Crippen LogP contribution in [0.1, 0.15) is 19.3 Å². The number of rotatable bonds is 12. The number of amides is 2. The van der Waals surface area contributed by atoms with Crippen LogP contribution in [-0.2, 0) is 9.59 Å². The molecular formula is C13H12Cl2F12N2O2. The molecule has 0 radical (unpaired) electrons. The lowest BCUT2D eigenvalue weighted by atomic mass is 10.1. The zero-order valence-electron chi connectivity index (χ0n) is 14.6. The summed E-state index contributed by atoms with van der Waals surface area (Å²) < 4.78 is 153. The maximum atomic E-state index is 13.1. The van der Waals surface area contributed by atoms with Crippen molar-refractivity contribution in [2.24, 2.45) is 0 Å². The van der Waals surface area contributed by atoms with Gasteiger partial charge in [0.25, 0.3) is 11.8 Å². The summed E-state index contributed by atoms with van der Waals surface area (Å²) in [5.74, 6) is -29.8. The minimum Gasteiger partial charge on any atom is -0.351 e. The highest BCUT2D eigenvalue weighted by Crippen LogP contribution is 2.48. The normalized spacial score (nSPS) is 14.4. The summed E-state index contributed by atoms with van der Waals surface area (Å²) in [6.07, 6.45) is -0.943. The van der Waals surface area contributed by atoms with Crippen molar-refractivity contribution in [2.45, 2.75) is 53.7 Å². The van der Waals surface area contributed by atoms with Crippen LogP contribution >= 0.6 is 23.2 Å². The minimum absolute atomic E-state index is 0.234. The van der Waals surface area contributed by atoms with Crippen LogP contribution in [0, 0.1) is 0 Å². The van der Waals surface area contributed by atoms with Crippen molar-refractivity contribution in [3.05, 3.63) is 0 Å². The molecular weight excluding hydrogens is 515 g/mol. The van der Waals surface area contributed by atoms with Gasteiger partial charge < -0.3 is 10.6 Å². The molecule has 0 aliphatic carbocycles. The van der Waals surface area contributed by atoms with E-state index in [0.717, 1.165) is 0 Å². The van der Waals surface area contributed by atoms with Gasteiger partial charge in [0, 0.05) is 13.1 Å². The van der Waals surface area contributed by atoms with Crippen molar-refractivity contribution in [1.29, 1.82) is 0 Å². The Hall–Kier alpha value is -1.32. The molecule has 0 bridgehead atoms. The van der Waals surface area contributed by atoms with Gasteiger partial charge >= 0.3 is 34.5 Å². The van der Waals surface area contributed by atoms with E-state index in [-0.39, 0.29) is 19.3 Å². The quantitative estimate of drug-likeness (QED) is 0.222. The number of hydrogen-bond donors (Lipinski definition) is 2. The minimum atomic E-state index is -6.23. The molecule has 0 rings (SSSR count). The fourth-order valence-electron chi connectivity index (χ4n) is 1.69. The predicted molar refractivity (Wildman–Crippen MR) is 81.3 cm³/mol. The molecule has 0 aromatic rings. The summed E-state index contributed by atoms with van der Waals surface area (Å²) in [6.45, 7) is -1.61. The molecule has 0 aromatic carbocycles. The molecule has 0 unspecified atom stereocenters. The van der Waals surface area contributed by atoms with Gasteiger partial charge in [0.2, 0.25) is 0 Å². The average Bonchev–Trinajstić information content (AvgIpc) is 2.57. The Bertz CT molecular complexity index is 595. The van der Waals surface area contributed by atoms with Crippen LogP contribution in [-0.4, -0.2) is 59.4 Å². The Morgan fingerprint density at radius 2 is 0.806 bits per heavy atom. The van der Waals surface area contributed by atoms with Crippen molar-refractivity contribution < 1.29 is 62.3 Å². The molecule has 2 amide bonds. The second-order valence-electron chi connectivity index (χ2n) is 5.87. The van der Waals surface area contributed by atoms with Gasteiger partial charge in [0.1, 0.15) is 0 Å². The number of alkyl halides is 14. The zero-order valence-corrected chi connectivity index (χ0v) is 16.2. The summed E-state index contributed by atoms with van der Waals surface area (Å²) in [4.78, 5) is 22.0. The number of carbonyl (C=O) groups is 2. The standard InChI is InChI=1S/C13H12Cl2F12N2O2/c14-12(24,25)10(20,21)8(16,17)6(30)28-4-2-1-3-5-29-7(31)9(18,19)11(22,23)13(15,26)27/h1-5H2,(H,28,30)(H,29,31). The van der Waals surface area contributed by atoms with Gasteiger partial charge in [-0.05, 0) is 42.5 Å². The number of nitrogens with one attached hydrogen (secondary N) is 2. The van der Waals surface area contributed by atoms with Gasteiger partial charge in [0.05, 0.1) is 0 Å². The zero-order chi connectivity index (χ0) is 25.1. The van der Waals surface area contributed by atoms with Crippen molar-refractivity contribution in [2.75, 3.05) is 13.1 Å². The third-order valence-corrected chi connectivity index (χ3v) is 3.97. The van der Waals surface area contributed by atoms with E-state index < -0.39 is 59.4 Å². The average molecular weight is 527 g/mol. The van der Waals surface area contributed by atoms with E-state index in [9.17, 15) is 62.3 Å². The van der Waals surface area contributed by atoms with Crippen LogP contribution < -0.4 is 10.6 Å². The number of carbonyl (C=O) groups excluding carboxylic acids is 2. The van der Waals surface area contributed by atoms with E-state index in [4.69, 9.17) is 0 Å². The molecule has 184 valence electrons. The lowest BCUT2D eigenvalue weighted by Gasteiger charge is -2.28. The highest BCUT2D eigenvalue weighted by atomic mass is 35.5.